The van der Waals surface area contributed by atoms with Crippen LogP contribution >= 0.6 is 0 Å². The molecule has 0 heterocycles. The first-order chi connectivity index (χ1) is 5.20. The van der Waals surface area contributed by atoms with E-state index >= 15 is 0 Å². The van der Waals surface area contributed by atoms with Gasteiger partial charge in [-0.15, -0.1) is 0 Å². The lowest BCUT2D eigenvalue weighted by molar-refractivity contribution is 0.594. The Labute approximate surface area is 71.7 Å². The van der Waals surface area contributed by atoms with E-state index in [4.69, 9.17) is 0 Å². The van der Waals surface area contributed by atoms with Gasteiger partial charge in [0.25, 0.3) is 0 Å². The number of rotatable bonds is 5. The minimum atomic E-state index is 0.787. The lowest BCUT2D eigenvalue weighted by Crippen LogP contribution is -1.90. The molecule has 1 atom stereocenters. The molecule has 0 fully saturated rings. The zero-order valence-electron chi connectivity index (χ0n) is 8.48. The second-order valence-corrected chi connectivity index (χ2v) is 3.49. The highest BCUT2D eigenvalue weighted by Gasteiger charge is 1.96. The van der Waals surface area contributed by atoms with Gasteiger partial charge in [-0.05, 0) is 25.7 Å². The molecule has 0 aliphatic carbocycles. The van der Waals surface area contributed by atoms with Crippen LogP contribution in [0.4, 0.5) is 0 Å². The molecule has 0 N–H and O–H groups in total. The van der Waals surface area contributed by atoms with Crippen molar-refractivity contribution in [2.24, 2.45) is 5.92 Å². The van der Waals surface area contributed by atoms with Crippen molar-refractivity contribution in [3.8, 4) is 0 Å². The van der Waals surface area contributed by atoms with Crippen LogP contribution in [0, 0.1) is 5.92 Å². The summed E-state index contributed by atoms with van der Waals surface area (Å²) in [4.78, 5) is 0. The van der Waals surface area contributed by atoms with Gasteiger partial charge >= 0.3 is 0 Å². The monoisotopic (exact) mass is 154 g/mol. The van der Waals surface area contributed by atoms with E-state index in [1.54, 1.807) is 0 Å². The molecule has 0 aromatic rings. The molecule has 0 bridgehead atoms. The Balaban J connectivity index is 3.57. The van der Waals surface area contributed by atoms with Gasteiger partial charge in [-0.3, -0.25) is 0 Å². The van der Waals surface area contributed by atoms with Gasteiger partial charge in [0.2, 0.25) is 0 Å². The van der Waals surface area contributed by atoms with Crippen LogP contribution in [0.5, 0.6) is 0 Å². The molecule has 0 saturated heterocycles. The van der Waals surface area contributed by atoms with Crippen molar-refractivity contribution in [3.05, 3.63) is 11.6 Å². The van der Waals surface area contributed by atoms with Crippen LogP contribution < -0.4 is 0 Å². The first-order valence-electron chi connectivity index (χ1n) is 4.88. The van der Waals surface area contributed by atoms with E-state index in [1.165, 1.54) is 31.3 Å². The predicted molar refractivity (Wildman–Crippen MR) is 52.7 cm³/mol. The second-order valence-electron chi connectivity index (χ2n) is 3.49. The number of hydrogen-bond donors (Lipinski definition) is 0. The molecule has 0 aliphatic heterocycles. The van der Waals surface area contributed by atoms with E-state index in [1.807, 2.05) is 0 Å². The largest absolute Gasteiger partial charge is 0.0828 e. The highest BCUT2D eigenvalue weighted by Crippen LogP contribution is 2.12. The van der Waals surface area contributed by atoms with E-state index in [0.717, 1.165) is 5.92 Å². The Morgan fingerprint density at radius 1 is 1.36 bits per heavy atom. The normalized spacial score (nSPS) is 15.1. The number of unbranched alkanes of at least 4 members (excludes halogenated alkanes) is 1. The average molecular weight is 154 g/mol. The van der Waals surface area contributed by atoms with Crippen molar-refractivity contribution >= 4 is 0 Å². The molecule has 0 radical (unpaired) electrons. The van der Waals surface area contributed by atoms with E-state index in [9.17, 15) is 0 Å². The highest BCUT2D eigenvalue weighted by molar-refractivity contribution is 4.98. The molecule has 0 aliphatic rings. The summed E-state index contributed by atoms with van der Waals surface area (Å²) in [6.45, 7) is 9.01. The molecule has 66 valence electrons. The van der Waals surface area contributed by atoms with Gasteiger partial charge in [-0.2, -0.15) is 0 Å². The standard InChI is InChI=1S/C11H22/c1-5-7-8-11(4)9-10(3)6-2/h9,11H,5-8H2,1-4H3. The molecule has 0 amide bonds. The van der Waals surface area contributed by atoms with Crippen LogP contribution in [0.25, 0.3) is 0 Å². The van der Waals surface area contributed by atoms with Crippen molar-refractivity contribution in [2.45, 2.75) is 53.4 Å². The molecule has 0 saturated carbocycles. The van der Waals surface area contributed by atoms with Crippen LogP contribution in [0.2, 0.25) is 0 Å². The smallest absolute Gasteiger partial charge is 0.0259 e. The van der Waals surface area contributed by atoms with Gasteiger partial charge in [0.1, 0.15) is 0 Å². The van der Waals surface area contributed by atoms with Crippen LogP contribution in [0.3, 0.4) is 0 Å². The minimum Gasteiger partial charge on any atom is -0.0828 e. The van der Waals surface area contributed by atoms with Crippen LogP contribution in [0.1, 0.15) is 53.4 Å². The van der Waals surface area contributed by atoms with Crippen molar-refractivity contribution < 1.29 is 0 Å². The summed E-state index contributed by atoms with van der Waals surface area (Å²) in [7, 11) is 0. The SMILES string of the molecule is CCCCC(C)C=C(C)CC. The van der Waals surface area contributed by atoms with Gasteiger partial charge in [-0.1, -0.05) is 45.3 Å². The number of hydrogen-bond acceptors (Lipinski definition) is 0. The third-order valence-electron chi connectivity index (χ3n) is 2.14. The highest BCUT2D eigenvalue weighted by atomic mass is 14.0. The third-order valence-corrected chi connectivity index (χ3v) is 2.14. The summed E-state index contributed by atoms with van der Waals surface area (Å²) in [5.74, 6) is 0.787. The lowest BCUT2D eigenvalue weighted by Gasteiger charge is -2.05. The van der Waals surface area contributed by atoms with E-state index in [0.29, 0.717) is 0 Å². The third kappa shape index (κ3) is 6.15. The van der Waals surface area contributed by atoms with Crippen LogP contribution in [-0.4, -0.2) is 0 Å². The molecule has 0 spiro atoms. The van der Waals surface area contributed by atoms with Gasteiger partial charge < -0.3 is 0 Å². The fourth-order valence-corrected chi connectivity index (χ4v) is 1.21. The van der Waals surface area contributed by atoms with Crippen molar-refractivity contribution in [2.75, 3.05) is 0 Å². The Kier molecular flexibility index (Phi) is 6.30. The maximum atomic E-state index is 2.41. The fourth-order valence-electron chi connectivity index (χ4n) is 1.21. The summed E-state index contributed by atoms with van der Waals surface area (Å²) < 4.78 is 0. The molecular weight excluding hydrogens is 132 g/mol. The van der Waals surface area contributed by atoms with Crippen molar-refractivity contribution in [1.29, 1.82) is 0 Å². The summed E-state index contributed by atoms with van der Waals surface area (Å²) in [5.41, 5.74) is 1.54. The molecule has 0 aromatic heterocycles. The van der Waals surface area contributed by atoms with E-state index < -0.39 is 0 Å². The maximum absolute atomic E-state index is 2.41. The van der Waals surface area contributed by atoms with E-state index in [2.05, 4.69) is 33.8 Å². The number of allylic oxidation sites excluding steroid dienone is 2. The van der Waals surface area contributed by atoms with Gasteiger partial charge in [0, 0.05) is 0 Å². The fraction of sp³-hybridized carbons (Fsp3) is 0.818. The van der Waals surface area contributed by atoms with Crippen LogP contribution in [0.15, 0.2) is 11.6 Å². The first-order valence-corrected chi connectivity index (χ1v) is 4.88. The Bertz CT molecular complexity index is 111. The van der Waals surface area contributed by atoms with Gasteiger partial charge in [-0.25, -0.2) is 0 Å². The molecule has 1 unspecified atom stereocenters. The lowest BCUT2D eigenvalue weighted by atomic mass is 10.0. The van der Waals surface area contributed by atoms with Crippen molar-refractivity contribution in [3.63, 3.8) is 0 Å². The summed E-state index contributed by atoms with van der Waals surface area (Å²) in [5, 5.41) is 0. The van der Waals surface area contributed by atoms with Gasteiger partial charge in [0.05, 0.1) is 0 Å². The Morgan fingerprint density at radius 2 is 2.00 bits per heavy atom. The average Bonchev–Trinajstić information content (AvgIpc) is 2.00. The van der Waals surface area contributed by atoms with Crippen molar-refractivity contribution in [1.82, 2.24) is 0 Å². The molecular formula is C11H22. The maximum Gasteiger partial charge on any atom is -0.0259 e. The molecule has 11 heavy (non-hydrogen) atoms. The first kappa shape index (κ1) is 10.7. The van der Waals surface area contributed by atoms with Gasteiger partial charge in [0.15, 0.2) is 0 Å². The topological polar surface area (TPSA) is 0 Å². The molecule has 0 rings (SSSR count). The Morgan fingerprint density at radius 3 is 2.45 bits per heavy atom. The quantitative estimate of drug-likeness (QED) is 0.521. The van der Waals surface area contributed by atoms with E-state index in [-0.39, 0.29) is 0 Å². The Hall–Kier alpha value is -0.260. The minimum absolute atomic E-state index is 0.787. The predicted octanol–water partition coefficient (Wildman–Crippen LogP) is 4.17. The summed E-state index contributed by atoms with van der Waals surface area (Å²) >= 11 is 0. The summed E-state index contributed by atoms with van der Waals surface area (Å²) in [6.07, 6.45) is 7.66. The second kappa shape index (κ2) is 6.45. The zero-order valence-corrected chi connectivity index (χ0v) is 8.48. The molecule has 0 heteroatoms. The summed E-state index contributed by atoms with van der Waals surface area (Å²) in [6, 6.07) is 0. The molecule has 0 nitrogen and oxygen atoms in total. The molecule has 0 aromatic carbocycles. The van der Waals surface area contributed by atoms with Crippen LogP contribution in [-0.2, 0) is 0 Å². The zero-order chi connectivity index (χ0) is 8.69.